The van der Waals surface area contributed by atoms with Crippen LogP contribution in [0.25, 0.3) is 0 Å². The molecule has 17 unspecified atom stereocenters. The molecule has 0 aromatic heterocycles. The smallest absolute Gasteiger partial charge is 0.220 e. The molecular formula is C55H99NO18. The first kappa shape index (κ1) is 66.3. The van der Waals surface area contributed by atoms with Crippen molar-refractivity contribution in [2.75, 3.05) is 26.4 Å². The number of aliphatic hydroxyl groups excluding tert-OH is 11. The Morgan fingerprint density at radius 2 is 0.878 bits per heavy atom. The Morgan fingerprint density at radius 3 is 1.39 bits per heavy atom. The molecule has 0 aromatic rings. The lowest BCUT2D eigenvalue weighted by Gasteiger charge is -2.48. The first-order valence-corrected chi connectivity index (χ1v) is 28.2. The summed E-state index contributed by atoms with van der Waals surface area (Å²) < 4.78 is 34.1. The van der Waals surface area contributed by atoms with E-state index in [9.17, 15) is 61.0 Å². The molecule has 3 aliphatic heterocycles. The highest BCUT2D eigenvalue weighted by molar-refractivity contribution is 5.76. The molecule has 0 aromatic carbocycles. The largest absolute Gasteiger partial charge is 0.394 e. The summed E-state index contributed by atoms with van der Waals surface area (Å²) in [5.41, 5.74) is 0. The molecule has 1 amide bonds. The summed E-state index contributed by atoms with van der Waals surface area (Å²) in [6.45, 7) is 1.63. The fourth-order valence-electron chi connectivity index (χ4n) is 9.42. The third-order valence-corrected chi connectivity index (χ3v) is 14.2. The number of allylic oxidation sites excluding steroid dienone is 5. The van der Waals surface area contributed by atoms with E-state index in [1.807, 2.05) is 6.08 Å². The molecule has 19 heteroatoms. The summed E-state index contributed by atoms with van der Waals surface area (Å²) in [5.74, 6) is -0.298. The molecule has 3 rings (SSSR count). The van der Waals surface area contributed by atoms with Crippen LogP contribution >= 0.6 is 0 Å². The maximum Gasteiger partial charge on any atom is 0.220 e. The molecule has 0 saturated carbocycles. The van der Waals surface area contributed by atoms with E-state index in [0.29, 0.717) is 12.8 Å². The van der Waals surface area contributed by atoms with Crippen LogP contribution in [-0.2, 0) is 33.2 Å². The molecule has 3 saturated heterocycles. The Morgan fingerprint density at radius 1 is 0.473 bits per heavy atom. The Kier molecular flexibility index (Phi) is 35.3. The minimum atomic E-state index is -1.98. The van der Waals surface area contributed by atoms with E-state index in [1.54, 1.807) is 6.08 Å². The van der Waals surface area contributed by atoms with E-state index >= 15 is 0 Å². The van der Waals surface area contributed by atoms with Crippen molar-refractivity contribution in [2.45, 2.75) is 279 Å². The van der Waals surface area contributed by atoms with Crippen LogP contribution in [0.5, 0.6) is 0 Å². The van der Waals surface area contributed by atoms with Crippen molar-refractivity contribution in [1.82, 2.24) is 5.32 Å². The normalized spacial score (nSPS) is 31.7. The van der Waals surface area contributed by atoms with Gasteiger partial charge >= 0.3 is 0 Å². The van der Waals surface area contributed by atoms with Gasteiger partial charge in [-0.3, -0.25) is 4.79 Å². The monoisotopic (exact) mass is 1060 g/mol. The molecule has 0 bridgehead atoms. The van der Waals surface area contributed by atoms with Crippen molar-refractivity contribution in [3.8, 4) is 0 Å². The molecule has 3 aliphatic rings. The Labute approximate surface area is 440 Å². The summed E-state index contributed by atoms with van der Waals surface area (Å²) >= 11 is 0. The van der Waals surface area contributed by atoms with Gasteiger partial charge in [-0.15, -0.1) is 0 Å². The van der Waals surface area contributed by atoms with Gasteiger partial charge in [-0.1, -0.05) is 153 Å². The molecule has 0 radical (unpaired) electrons. The van der Waals surface area contributed by atoms with Gasteiger partial charge in [0.25, 0.3) is 0 Å². The first-order chi connectivity index (χ1) is 35.8. The molecule has 74 heavy (non-hydrogen) atoms. The van der Waals surface area contributed by atoms with Crippen LogP contribution < -0.4 is 5.32 Å². The van der Waals surface area contributed by atoms with Gasteiger partial charge in [0, 0.05) is 6.42 Å². The highest BCUT2D eigenvalue weighted by Gasteiger charge is 2.53. The van der Waals surface area contributed by atoms with Crippen LogP contribution in [0.2, 0.25) is 0 Å². The van der Waals surface area contributed by atoms with E-state index in [4.69, 9.17) is 28.4 Å². The number of hydrogen-bond acceptors (Lipinski definition) is 18. The standard InChI is InChI=1S/C55H99NO18/c1-3-5-7-9-11-13-15-16-17-18-19-20-21-23-24-26-28-30-32-39(60)38(56-43(61)33-31-29-27-25-22-14-12-10-8-6-4-2)37-69-53-49(67)46(64)51(41(35-58)71-53)74-55-50(68)47(65)52(42(36-59)72-55)73-54-48(66)45(63)44(62)40(34-57)70-54/h10,12,23-24,30,32,38-42,44-55,57-60,62-68H,3-9,11,13-22,25-29,31,33-37H2,1-2H3,(H,56,61)/b12-10-,24-23+,32-30+. The van der Waals surface area contributed by atoms with Gasteiger partial charge in [-0.25, -0.2) is 0 Å². The number of nitrogens with one attached hydrogen (secondary N) is 1. The summed E-state index contributed by atoms with van der Waals surface area (Å²) in [4.78, 5) is 13.2. The highest BCUT2D eigenvalue weighted by atomic mass is 16.8. The summed E-state index contributed by atoms with van der Waals surface area (Å²) in [7, 11) is 0. The number of hydrogen-bond donors (Lipinski definition) is 12. The second kappa shape index (κ2) is 39.4. The number of amides is 1. The Hall–Kier alpha value is -1.99. The lowest BCUT2D eigenvalue weighted by atomic mass is 9.96. The van der Waals surface area contributed by atoms with Gasteiger partial charge in [0.05, 0.1) is 38.6 Å². The number of aliphatic hydroxyl groups is 11. The van der Waals surface area contributed by atoms with Crippen LogP contribution in [0, 0.1) is 0 Å². The molecule has 432 valence electrons. The lowest BCUT2D eigenvalue weighted by molar-refractivity contribution is -0.379. The summed E-state index contributed by atoms with van der Waals surface area (Å²) in [5, 5.41) is 120. The van der Waals surface area contributed by atoms with Crippen LogP contribution in [0.4, 0.5) is 0 Å². The predicted molar refractivity (Wildman–Crippen MR) is 277 cm³/mol. The Balaban J connectivity index is 1.54. The van der Waals surface area contributed by atoms with Gasteiger partial charge in [-0.05, 0) is 51.4 Å². The average molecular weight is 1060 g/mol. The minimum Gasteiger partial charge on any atom is -0.394 e. The molecule has 19 nitrogen and oxygen atoms in total. The van der Waals surface area contributed by atoms with Crippen LogP contribution in [0.3, 0.4) is 0 Å². The van der Waals surface area contributed by atoms with E-state index in [2.05, 4.69) is 43.5 Å². The maximum atomic E-state index is 13.2. The lowest BCUT2D eigenvalue weighted by Crippen LogP contribution is -2.66. The molecule has 0 spiro atoms. The van der Waals surface area contributed by atoms with Crippen molar-refractivity contribution in [3.63, 3.8) is 0 Å². The highest BCUT2D eigenvalue weighted by Crippen LogP contribution is 2.33. The van der Waals surface area contributed by atoms with Crippen LogP contribution in [0.1, 0.15) is 174 Å². The van der Waals surface area contributed by atoms with Gasteiger partial charge in [-0.2, -0.15) is 0 Å². The van der Waals surface area contributed by atoms with Crippen molar-refractivity contribution >= 4 is 5.91 Å². The molecule has 12 N–H and O–H groups in total. The molecule has 3 heterocycles. The fourth-order valence-corrected chi connectivity index (χ4v) is 9.42. The van der Waals surface area contributed by atoms with Gasteiger partial charge < -0.3 is 89.9 Å². The predicted octanol–water partition coefficient (Wildman–Crippen LogP) is 3.76. The molecule has 17 atom stereocenters. The van der Waals surface area contributed by atoms with Gasteiger partial charge in [0.2, 0.25) is 5.91 Å². The van der Waals surface area contributed by atoms with Crippen molar-refractivity contribution in [3.05, 3.63) is 36.5 Å². The van der Waals surface area contributed by atoms with Crippen molar-refractivity contribution in [2.24, 2.45) is 0 Å². The SMILES string of the molecule is CCCC/C=C\CCCCCCCC(=O)NC(COC1OC(CO)C(OC2OC(CO)C(OC3OC(CO)C(O)C(O)C3O)C(O)C2O)C(O)C1O)C(O)/C=C/CC/C=C/CCCCCCCCCCCCCC. The zero-order valence-electron chi connectivity index (χ0n) is 44.6. The van der Waals surface area contributed by atoms with E-state index < -0.39 is 124 Å². The van der Waals surface area contributed by atoms with E-state index in [1.165, 1.54) is 83.5 Å². The van der Waals surface area contributed by atoms with Gasteiger partial charge in [0.15, 0.2) is 18.9 Å². The number of rotatable bonds is 40. The van der Waals surface area contributed by atoms with E-state index in [0.717, 1.165) is 57.8 Å². The zero-order chi connectivity index (χ0) is 54.1. The second-order valence-corrected chi connectivity index (χ2v) is 20.4. The van der Waals surface area contributed by atoms with Crippen molar-refractivity contribution in [1.29, 1.82) is 0 Å². The molecule has 0 aliphatic carbocycles. The fraction of sp³-hybridized carbons (Fsp3) is 0.873. The quantitative estimate of drug-likeness (QED) is 0.0307. The van der Waals surface area contributed by atoms with E-state index in [-0.39, 0.29) is 18.9 Å². The van der Waals surface area contributed by atoms with Crippen molar-refractivity contribution < 1.29 is 89.4 Å². The maximum absolute atomic E-state index is 13.2. The minimum absolute atomic E-state index is 0.224. The number of carbonyl (C=O) groups excluding carboxylic acids is 1. The second-order valence-electron chi connectivity index (χ2n) is 20.4. The van der Waals surface area contributed by atoms with Crippen LogP contribution in [-0.4, -0.2) is 193 Å². The number of unbranched alkanes of at least 4 members (excludes halogenated alkanes) is 20. The third-order valence-electron chi connectivity index (χ3n) is 14.2. The third kappa shape index (κ3) is 23.9. The molecular weight excluding hydrogens is 963 g/mol. The topological polar surface area (TPSA) is 307 Å². The zero-order valence-corrected chi connectivity index (χ0v) is 44.6. The van der Waals surface area contributed by atoms with Gasteiger partial charge in [0.1, 0.15) is 73.2 Å². The summed E-state index contributed by atoms with van der Waals surface area (Å²) in [6.07, 6.45) is 12.9. The molecule has 3 fully saturated rings. The first-order valence-electron chi connectivity index (χ1n) is 28.2. The number of ether oxygens (including phenoxy) is 6. The van der Waals surface area contributed by atoms with Crippen LogP contribution in [0.15, 0.2) is 36.5 Å². The number of carbonyl (C=O) groups is 1. The average Bonchev–Trinajstić information content (AvgIpc) is 3.40. The summed E-state index contributed by atoms with van der Waals surface area (Å²) in [6, 6.07) is -0.991. The Bertz CT molecular complexity index is 1500.